The fourth-order valence-corrected chi connectivity index (χ4v) is 6.77. The molecule has 35 heavy (non-hydrogen) atoms. The summed E-state index contributed by atoms with van der Waals surface area (Å²) in [5.41, 5.74) is 0.660. The number of alkyl halides is 2. The van der Waals surface area contributed by atoms with Crippen molar-refractivity contribution in [2.75, 3.05) is 6.61 Å². The molecule has 1 aliphatic heterocycles. The molecular weight excluding hydrogens is 449 g/mol. The number of fused-ring (bicyclic) bond motifs is 1. The summed E-state index contributed by atoms with van der Waals surface area (Å²) >= 11 is 0. The minimum Gasteiger partial charge on any atom is -0.489 e. The van der Waals surface area contributed by atoms with E-state index in [-0.39, 0.29) is 11.9 Å². The van der Waals surface area contributed by atoms with Crippen molar-refractivity contribution in [1.29, 1.82) is 0 Å². The van der Waals surface area contributed by atoms with Gasteiger partial charge in [-0.2, -0.15) is 0 Å². The summed E-state index contributed by atoms with van der Waals surface area (Å²) in [6, 6.07) is 1.77. The van der Waals surface area contributed by atoms with Crippen LogP contribution in [0.25, 0.3) is 0 Å². The smallest absolute Gasteiger partial charge is 0.270 e. The highest BCUT2D eigenvalue weighted by Crippen LogP contribution is 2.44. The molecule has 1 aromatic rings. The maximum Gasteiger partial charge on any atom is 0.270 e. The lowest BCUT2D eigenvalue weighted by Crippen LogP contribution is -2.34. The van der Waals surface area contributed by atoms with E-state index in [0.29, 0.717) is 30.4 Å². The zero-order valence-corrected chi connectivity index (χ0v) is 21.8. The maximum absolute atomic E-state index is 14.8. The molecule has 1 atom stereocenters. The molecule has 4 rings (SSSR count). The van der Waals surface area contributed by atoms with Gasteiger partial charge in [0.25, 0.3) is 6.43 Å². The van der Waals surface area contributed by atoms with E-state index in [4.69, 9.17) is 9.47 Å². The SMILES string of the molecule is CCCc1cc2c(c(C(F)F)c1F)OC(C1CCC(CCCOC3CCC(CC)CC3)CC1)CC2. The lowest BCUT2D eigenvalue weighted by molar-refractivity contribution is 0.0129. The van der Waals surface area contributed by atoms with E-state index >= 15 is 0 Å². The van der Waals surface area contributed by atoms with Crippen LogP contribution in [-0.4, -0.2) is 18.8 Å². The van der Waals surface area contributed by atoms with Gasteiger partial charge in [0.2, 0.25) is 0 Å². The summed E-state index contributed by atoms with van der Waals surface area (Å²) in [5, 5.41) is 0. The van der Waals surface area contributed by atoms with Crippen molar-refractivity contribution in [1.82, 2.24) is 0 Å². The first-order valence-corrected chi connectivity index (χ1v) is 14.4. The fraction of sp³-hybridized carbons (Fsp3) is 0.800. The van der Waals surface area contributed by atoms with Crippen molar-refractivity contribution in [2.45, 2.75) is 129 Å². The molecule has 2 fully saturated rings. The van der Waals surface area contributed by atoms with E-state index < -0.39 is 17.8 Å². The summed E-state index contributed by atoms with van der Waals surface area (Å²) in [7, 11) is 0. The molecule has 0 spiro atoms. The van der Waals surface area contributed by atoms with Gasteiger partial charge in [0, 0.05) is 6.61 Å². The summed E-state index contributed by atoms with van der Waals surface area (Å²) in [6.07, 6.45) is 13.6. The Morgan fingerprint density at radius 2 is 1.69 bits per heavy atom. The van der Waals surface area contributed by atoms with Crippen LogP contribution in [0.4, 0.5) is 13.2 Å². The predicted octanol–water partition coefficient (Wildman–Crippen LogP) is 8.98. The van der Waals surface area contributed by atoms with E-state index in [2.05, 4.69) is 6.92 Å². The van der Waals surface area contributed by atoms with Gasteiger partial charge in [-0.05, 0) is 106 Å². The van der Waals surface area contributed by atoms with Gasteiger partial charge in [-0.15, -0.1) is 0 Å². The second kappa shape index (κ2) is 12.8. The van der Waals surface area contributed by atoms with Crippen LogP contribution >= 0.6 is 0 Å². The second-order valence-electron chi connectivity index (χ2n) is 11.3. The van der Waals surface area contributed by atoms with Crippen LogP contribution < -0.4 is 4.74 Å². The lowest BCUT2D eigenvalue weighted by atomic mass is 9.76. The number of hydrogen-bond acceptors (Lipinski definition) is 2. The Bertz CT molecular complexity index is 795. The van der Waals surface area contributed by atoms with Crippen LogP contribution in [0.1, 0.15) is 120 Å². The van der Waals surface area contributed by atoms with E-state index in [1.807, 2.05) is 6.92 Å². The fourth-order valence-electron chi connectivity index (χ4n) is 6.77. The molecule has 0 aromatic heterocycles. The third-order valence-electron chi connectivity index (χ3n) is 9.01. The normalized spacial score (nSPS) is 29.1. The highest BCUT2D eigenvalue weighted by atomic mass is 19.3. The molecule has 2 aliphatic carbocycles. The van der Waals surface area contributed by atoms with Crippen molar-refractivity contribution in [3.05, 3.63) is 28.6 Å². The highest BCUT2D eigenvalue weighted by Gasteiger charge is 2.35. The number of hydrogen-bond donors (Lipinski definition) is 0. The number of halogens is 3. The summed E-state index contributed by atoms with van der Waals surface area (Å²) in [4.78, 5) is 0. The van der Waals surface area contributed by atoms with E-state index in [0.717, 1.165) is 56.1 Å². The summed E-state index contributed by atoms with van der Waals surface area (Å²) in [6.45, 7) is 5.12. The molecule has 198 valence electrons. The van der Waals surface area contributed by atoms with Gasteiger partial charge in [-0.25, -0.2) is 13.2 Å². The molecule has 2 saturated carbocycles. The predicted molar refractivity (Wildman–Crippen MR) is 135 cm³/mol. The van der Waals surface area contributed by atoms with Crippen molar-refractivity contribution < 1.29 is 22.6 Å². The van der Waals surface area contributed by atoms with Crippen molar-refractivity contribution in [3.63, 3.8) is 0 Å². The molecular formula is C30H45F3O2. The minimum atomic E-state index is -2.85. The van der Waals surface area contributed by atoms with Crippen LogP contribution in [0.15, 0.2) is 6.07 Å². The Morgan fingerprint density at radius 3 is 2.34 bits per heavy atom. The first-order chi connectivity index (χ1) is 17.0. The molecule has 5 heteroatoms. The number of aryl methyl sites for hydroxylation is 2. The number of benzene rings is 1. The minimum absolute atomic E-state index is 0.0704. The molecule has 0 radical (unpaired) electrons. The quantitative estimate of drug-likeness (QED) is 0.302. The van der Waals surface area contributed by atoms with Gasteiger partial charge in [0.1, 0.15) is 17.7 Å². The van der Waals surface area contributed by atoms with E-state index in [1.165, 1.54) is 51.4 Å². The van der Waals surface area contributed by atoms with E-state index in [1.54, 1.807) is 6.07 Å². The van der Waals surface area contributed by atoms with Gasteiger partial charge in [-0.1, -0.05) is 39.5 Å². The standard InChI is InChI=1S/C30H45F3O2/c1-3-6-23-19-24-14-17-26(35-29(24)27(28(23)31)30(32)33)22-12-8-21(9-13-22)7-5-18-34-25-15-10-20(4-2)11-16-25/h19-22,25-26,30H,3-18H2,1-2H3. The van der Waals surface area contributed by atoms with Crippen LogP contribution in [-0.2, 0) is 17.6 Å². The number of ether oxygens (including phenoxy) is 2. The average molecular weight is 495 g/mol. The van der Waals surface area contributed by atoms with Crippen molar-refractivity contribution in [2.24, 2.45) is 17.8 Å². The zero-order valence-electron chi connectivity index (χ0n) is 21.8. The monoisotopic (exact) mass is 494 g/mol. The molecule has 0 amide bonds. The van der Waals surface area contributed by atoms with Gasteiger partial charge < -0.3 is 9.47 Å². The van der Waals surface area contributed by atoms with Gasteiger partial charge in [-0.3, -0.25) is 0 Å². The summed E-state index contributed by atoms with van der Waals surface area (Å²) in [5.74, 6) is 1.40. The van der Waals surface area contributed by atoms with Crippen LogP contribution in [0.2, 0.25) is 0 Å². The van der Waals surface area contributed by atoms with Crippen molar-refractivity contribution >= 4 is 0 Å². The average Bonchev–Trinajstić information content (AvgIpc) is 2.87. The third-order valence-corrected chi connectivity index (χ3v) is 9.01. The first kappa shape index (κ1) is 26.8. The molecule has 0 N–H and O–H groups in total. The highest BCUT2D eigenvalue weighted by molar-refractivity contribution is 5.48. The van der Waals surface area contributed by atoms with Gasteiger partial charge in [0.15, 0.2) is 0 Å². The maximum atomic E-state index is 14.8. The van der Waals surface area contributed by atoms with Gasteiger partial charge >= 0.3 is 0 Å². The summed E-state index contributed by atoms with van der Waals surface area (Å²) < 4.78 is 54.8. The van der Waals surface area contributed by atoms with Crippen LogP contribution in [0, 0.1) is 23.6 Å². The second-order valence-corrected chi connectivity index (χ2v) is 11.3. The van der Waals surface area contributed by atoms with Crippen LogP contribution in [0.3, 0.4) is 0 Å². The third kappa shape index (κ3) is 6.76. The van der Waals surface area contributed by atoms with Gasteiger partial charge in [0.05, 0.1) is 11.7 Å². The Balaban J connectivity index is 1.22. The zero-order chi connectivity index (χ0) is 24.8. The Morgan fingerprint density at radius 1 is 0.971 bits per heavy atom. The lowest BCUT2D eigenvalue weighted by Gasteiger charge is -2.37. The Hall–Kier alpha value is -1.23. The Kier molecular flexibility index (Phi) is 9.83. The Labute approximate surface area is 210 Å². The van der Waals surface area contributed by atoms with Crippen LogP contribution in [0.5, 0.6) is 5.75 Å². The largest absolute Gasteiger partial charge is 0.489 e. The molecule has 3 aliphatic rings. The van der Waals surface area contributed by atoms with Crippen molar-refractivity contribution in [3.8, 4) is 5.75 Å². The molecule has 2 nitrogen and oxygen atoms in total. The van der Waals surface area contributed by atoms with E-state index in [9.17, 15) is 13.2 Å². The molecule has 0 bridgehead atoms. The number of rotatable bonds is 10. The molecule has 0 saturated heterocycles. The molecule has 1 unspecified atom stereocenters. The topological polar surface area (TPSA) is 18.5 Å². The first-order valence-electron chi connectivity index (χ1n) is 14.4. The molecule has 1 heterocycles. The molecule has 1 aromatic carbocycles.